The molecule has 9 heteroatoms. The standard InChI is InChI=1S/C17H15BrN4O4/c18-13-2-1-3-14(10-13)20-16(23)8-9-17(24)21-19-11-12-4-6-15(7-5-12)22(25)26/h1-7,10-11H,8-9H2,(H,20,23)(H,21,24)/b19-11-. The molecule has 26 heavy (non-hydrogen) atoms. The van der Waals surface area contributed by atoms with E-state index in [0.29, 0.717) is 11.3 Å². The summed E-state index contributed by atoms with van der Waals surface area (Å²) in [7, 11) is 0. The molecule has 0 heterocycles. The molecule has 0 spiro atoms. The number of nitro benzene ring substituents is 1. The molecule has 0 radical (unpaired) electrons. The normalized spacial score (nSPS) is 10.5. The Kier molecular flexibility index (Phi) is 6.98. The number of nitrogens with one attached hydrogen (secondary N) is 2. The number of anilines is 1. The lowest BCUT2D eigenvalue weighted by atomic mass is 10.2. The summed E-state index contributed by atoms with van der Waals surface area (Å²) in [5.74, 6) is -0.690. The van der Waals surface area contributed by atoms with Crippen molar-refractivity contribution in [1.82, 2.24) is 5.43 Å². The number of nitrogens with zero attached hydrogens (tertiary/aromatic N) is 2. The minimum Gasteiger partial charge on any atom is -0.326 e. The summed E-state index contributed by atoms with van der Waals surface area (Å²) in [5.41, 5.74) is 3.52. The number of amides is 2. The predicted octanol–water partition coefficient (Wildman–Crippen LogP) is 3.23. The molecule has 0 fully saturated rings. The van der Waals surface area contributed by atoms with Crippen LogP contribution in [0.25, 0.3) is 0 Å². The number of halogens is 1. The lowest BCUT2D eigenvalue weighted by Gasteiger charge is -2.05. The van der Waals surface area contributed by atoms with Gasteiger partial charge in [0.25, 0.3) is 5.69 Å². The Balaban J connectivity index is 1.74. The van der Waals surface area contributed by atoms with E-state index in [1.54, 1.807) is 18.2 Å². The summed E-state index contributed by atoms with van der Waals surface area (Å²) in [4.78, 5) is 33.6. The van der Waals surface area contributed by atoms with E-state index in [1.807, 2.05) is 6.07 Å². The number of hydrogen-bond acceptors (Lipinski definition) is 5. The minimum absolute atomic E-state index is 0.0164. The Morgan fingerprint density at radius 1 is 1.12 bits per heavy atom. The Labute approximate surface area is 157 Å². The van der Waals surface area contributed by atoms with Crippen LogP contribution in [-0.2, 0) is 9.59 Å². The van der Waals surface area contributed by atoms with Crippen molar-refractivity contribution in [3.8, 4) is 0 Å². The summed E-state index contributed by atoms with van der Waals surface area (Å²) < 4.78 is 0.841. The van der Waals surface area contributed by atoms with Gasteiger partial charge in [-0.3, -0.25) is 19.7 Å². The molecule has 0 aliphatic heterocycles. The molecule has 2 rings (SSSR count). The molecular weight excluding hydrogens is 404 g/mol. The highest BCUT2D eigenvalue weighted by atomic mass is 79.9. The lowest BCUT2D eigenvalue weighted by molar-refractivity contribution is -0.384. The average molecular weight is 419 g/mol. The van der Waals surface area contributed by atoms with Crippen LogP contribution in [0.4, 0.5) is 11.4 Å². The van der Waals surface area contributed by atoms with E-state index in [4.69, 9.17) is 0 Å². The van der Waals surface area contributed by atoms with Gasteiger partial charge in [0.15, 0.2) is 0 Å². The summed E-state index contributed by atoms with van der Waals surface area (Å²) in [6, 6.07) is 12.8. The summed E-state index contributed by atoms with van der Waals surface area (Å²) >= 11 is 3.31. The van der Waals surface area contributed by atoms with Crippen LogP contribution < -0.4 is 10.7 Å². The van der Waals surface area contributed by atoms with E-state index in [9.17, 15) is 19.7 Å². The number of carbonyl (C=O) groups is 2. The monoisotopic (exact) mass is 418 g/mol. The first-order valence-corrected chi connectivity index (χ1v) is 8.35. The number of hydrazone groups is 1. The van der Waals surface area contributed by atoms with Crippen LogP contribution >= 0.6 is 15.9 Å². The highest BCUT2D eigenvalue weighted by Gasteiger charge is 2.07. The van der Waals surface area contributed by atoms with Gasteiger partial charge in [0, 0.05) is 35.1 Å². The lowest BCUT2D eigenvalue weighted by Crippen LogP contribution is -2.20. The fourth-order valence-electron chi connectivity index (χ4n) is 1.93. The van der Waals surface area contributed by atoms with Gasteiger partial charge in [-0.15, -0.1) is 0 Å². The maximum absolute atomic E-state index is 11.8. The van der Waals surface area contributed by atoms with Crippen LogP contribution in [0.5, 0.6) is 0 Å². The van der Waals surface area contributed by atoms with E-state index in [0.717, 1.165) is 4.47 Å². The van der Waals surface area contributed by atoms with E-state index in [2.05, 4.69) is 31.8 Å². The zero-order chi connectivity index (χ0) is 18.9. The topological polar surface area (TPSA) is 114 Å². The first-order chi connectivity index (χ1) is 12.4. The van der Waals surface area contributed by atoms with Crippen molar-refractivity contribution < 1.29 is 14.5 Å². The molecule has 0 aliphatic rings. The van der Waals surface area contributed by atoms with E-state index in [-0.39, 0.29) is 24.4 Å². The van der Waals surface area contributed by atoms with Crippen molar-refractivity contribution in [3.05, 3.63) is 68.7 Å². The van der Waals surface area contributed by atoms with Crippen LogP contribution in [0.15, 0.2) is 58.1 Å². The third-order valence-corrected chi connectivity index (χ3v) is 3.69. The summed E-state index contributed by atoms with van der Waals surface area (Å²) in [6.45, 7) is 0. The van der Waals surface area contributed by atoms with Crippen molar-refractivity contribution in [2.45, 2.75) is 12.8 Å². The average Bonchev–Trinajstić information content (AvgIpc) is 2.60. The molecular formula is C17H15BrN4O4. The van der Waals surface area contributed by atoms with Crippen molar-refractivity contribution in [1.29, 1.82) is 0 Å². The number of carbonyl (C=O) groups excluding carboxylic acids is 2. The largest absolute Gasteiger partial charge is 0.326 e. The summed E-state index contributed by atoms with van der Waals surface area (Å²) in [5, 5.41) is 17.0. The molecule has 0 atom stereocenters. The number of non-ortho nitro benzene ring substituents is 1. The van der Waals surface area contributed by atoms with Gasteiger partial charge >= 0.3 is 0 Å². The van der Waals surface area contributed by atoms with Crippen LogP contribution in [0.2, 0.25) is 0 Å². The van der Waals surface area contributed by atoms with Crippen LogP contribution in [0, 0.1) is 10.1 Å². The number of benzene rings is 2. The molecule has 0 saturated carbocycles. The molecule has 0 aliphatic carbocycles. The first kappa shape index (κ1) is 19.3. The molecule has 2 amide bonds. The van der Waals surface area contributed by atoms with Gasteiger partial charge in [0.2, 0.25) is 11.8 Å². The molecule has 2 aromatic carbocycles. The van der Waals surface area contributed by atoms with Crippen LogP contribution in [0.1, 0.15) is 18.4 Å². The van der Waals surface area contributed by atoms with Crippen molar-refractivity contribution in [2.24, 2.45) is 5.10 Å². The Hall–Kier alpha value is -3.07. The highest BCUT2D eigenvalue weighted by molar-refractivity contribution is 9.10. The second-order valence-electron chi connectivity index (χ2n) is 5.20. The molecule has 0 saturated heterocycles. The summed E-state index contributed by atoms with van der Waals surface area (Å²) in [6.07, 6.45) is 1.37. The highest BCUT2D eigenvalue weighted by Crippen LogP contribution is 2.15. The Bertz CT molecular complexity index is 837. The van der Waals surface area contributed by atoms with E-state index in [1.165, 1.54) is 30.5 Å². The SMILES string of the molecule is O=C(CCC(=O)Nc1cccc(Br)c1)N/N=C\c1ccc([N+](=O)[O-])cc1. The molecule has 2 N–H and O–H groups in total. The third kappa shape index (κ3) is 6.44. The smallest absolute Gasteiger partial charge is 0.269 e. The second-order valence-corrected chi connectivity index (χ2v) is 6.12. The Morgan fingerprint density at radius 2 is 1.81 bits per heavy atom. The Morgan fingerprint density at radius 3 is 2.46 bits per heavy atom. The molecule has 0 bridgehead atoms. The number of nitro groups is 1. The van der Waals surface area contributed by atoms with Crippen molar-refractivity contribution >= 4 is 45.3 Å². The fraction of sp³-hybridized carbons (Fsp3) is 0.118. The maximum Gasteiger partial charge on any atom is 0.269 e. The van der Waals surface area contributed by atoms with Crippen molar-refractivity contribution in [2.75, 3.05) is 5.32 Å². The second kappa shape index (κ2) is 9.42. The maximum atomic E-state index is 11.8. The van der Waals surface area contributed by atoms with Crippen molar-refractivity contribution in [3.63, 3.8) is 0 Å². The molecule has 2 aromatic rings. The van der Waals surface area contributed by atoms with E-state index < -0.39 is 10.8 Å². The molecule has 134 valence electrons. The quantitative estimate of drug-likeness (QED) is 0.408. The van der Waals surface area contributed by atoms with Gasteiger partial charge in [-0.05, 0) is 35.9 Å². The van der Waals surface area contributed by atoms with Gasteiger partial charge in [-0.2, -0.15) is 5.10 Å². The zero-order valence-electron chi connectivity index (χ0n) is 13.5. The number of hydrogen-bond donors (Lipinski definition) is 2. The minimum atomic E-state index is -0.498. The van der Waals surface area contributed by atoms with Gasteiger partial charge in [0.05, 0.1) is 11.1 Å². The van der Waals surface area contributed by atoms with Crippen LogP contribution in [-0.4, -0.2) is 23.0 Å². The zero-order valence-corrected chi connectivity index (χ0v) is 15.1. The van der Waals surface area contributed by atoms with Crippen LogP contribution in [0.3, 0.4) is 0 Å². The van der Waals surface area contributed by atoms with E-state index >= 15 is 0 Å². The molecule has 0 aromatic heterocycles. The fourth-order valence-corrected chi connectivity index (χ4v) is 2.33. The molecule has 0 unspecified atom stereocenters. The molecule has 8 nitrogen and oxygen atoms in total. The van der Waals surface area contributed by atoms with Gasteiger partial charge in [-0.1, -0.05) is 22.0 Å². The van der Waals surface area contributed by atoms with Gasteiger partial charge < -0.3 is 5.32 Å². The predicted molar refractivity (Wildman–Crippen MR) is 101 cm³/mol. The van der Waals surface area contributed by atoms with Gasteiger partial charge in [-0.25, -0.2) is 5.43 Å². The first-order valence-electron chi connectivity index (χ1n) is 7.56. The third-order valence-electron chi connectivity index (χ3n) is 3.19. The van der Waals surface area contributed by atoms with Gasteiger partial charge in [0.1, 0.15) is 0 Å². The number of rotatable bonds is 7.